The number of esters is 1. The molecule has 35 heavy (non-hydrogen) atoms. The van der Waals surface area contributed by atoms with Gasteiger partial charge >= 0.3 is 17.7 Å². The van der Waals surface area contributed by atoms with E-state index in [0.29, 0.717) is 17.6 Å². The minimum Gasteiger partial charge on any atom is -0.445 e. The van der Waals surface area contributed by atoms with Crippen LogP contribution >= 0.6 is 0 Å². The van der Waals surface area contributed by atoms with Gasteiger partial charge < -0.3 is 19.2 Å². The van der Waals surface area contributed by atoms with E-state index in [2.05, 4.69) is 5.32 Å². The molecule has 1 atom stereocenters. The van der Waals surface area contributed by atoms with Crippen LogP contribution in [-0.4, -0.2) is 18.1 Å². The Hall–Kier alpha value is -4.39. The second kappa shape index (κ2) is 10.7. The maximum atomic E-state index is 12.6. The Labute approximate surface area is 202 Å². The highest BCUT2D eigenvalue weighted by molar-refractivity contribution is 5.85. The molecular formula is C28H25NO6. The summed E-state index contributed by atoms with van der Waals surface area (Å²) in [5, 5.41) is 3.20. The molecule has 3 aromatic carbocycles. The summed E-state index contributed by atoms with van der Waals surface area (Å²) in [6.07, 6.45) is -0.269. The van der Waals surface area contributed by atoms with Crippen LogP contribution in [0.15, 0.2) is 88.1 Å². The van der Waals surface area contributed by atoms with Gasteiger partial charge in [-0.05, 0) is 42.7 Å². The Morgan fingerprint density at radius 1 is 0.943 bits per heavy atom. The van der Waals surface area contributed by atoms with Crippen LogP contribution in [-0.2, 0) is 22.6 Å². The second-order valence-corrected chi connectivity index (χ2v) is 8.16. The monoisotopic (exact) mass is 471 g/mol. The molecule has 1 N–H and O–H groups in total. The van der Waals surface area contributed by atoms with E-state index >= 15 is 0 Å². The van der Waals surface area contributed by atoms with Crippen molar-refractivity contribution < 1.29 is 23.5 Å². The number of carbonyl (C=O) groups excluding carboxylic acids is 2. The van der Waals surface area contributed by atoms with Gasteiger partial charge in [0, 0.05) is 23.4 Å². The van der Waals surface area contributed by atoms with Gasteiger partial charge in [-0.1, -0.05) is 60.7 Å². The number of hydrogen-bond donors (Lipinski definition) is 1. The van der Waals surface area contributed by atoms with Crippen molar-refractivity contribution in [2.45, 2.75) is 32.9 Å². The molecular weight excluding hydrogens is 446 g/mol. The van der Waals surface area contributed by atoms with Crippen LogP contribution in [0.5, 0.6) is 5.75 Å². The zero-order valence-corrected chi connectivity index (χ0v) is 19.4. The number of nitrogens with one attached hydrogen (secondary N) is 1. The fourth-order valence-electron chi connectivity index (χ4n) is 3.65. The van der Waals surface area contributed by atoms with Crippen LogP contribution in [0.4, 0.5) is 4.79 Å². The number of benzene rings is 3. The number of alkyl carbamates (subject to hydrolysis) is 1. The molecule has 0 bridgehead atoms. The molecule has 1 amide bonds. The predicted molar refractivity (Wildman–Crippen MR) is 131 cm³/mol. The number of hydrogen-bond acceptors (Lipinski definition) is 6. The molecule has 7 heteroatoms. The van der Waals surface area contributed by atoms with E-state index in [-0.39, 0.29) is 12.4 Å². The number of rotatable bonds is 7. The zero-order valence-electron chi connectivity index (χ0n) is 19.4. The number of aryl methyl sites for hydroxylation is 1. The molecule has 0 saturated carbocycles. The van der Waals surface area contributed by atoms with Crippen molar-refractivity contribution in [3.8, 4) is 5.75 Å². The Kier molecular flexibility index (Phi) is 7.26. The smallest absolute Gasteiger partial charge is 0.408 e. The highest BCUT2D eigenvalue weighted by Crippen LogP contribution is 2.25. The fraction of sp³-hybridized carbons (Fsp3) is 0.179. The third-order valence-corrected chi connectivity index (χ3v) is 5.60. The van der Waals surface area contributed by atoms with Crippen molar-refractivity contribution in [3.63, 3.8) is 0 Å². The number of amides is 1. The van der Waals surface area contributed by atoms with Crippen LogP contribution in [0, 0.1) is 6.92 Å². The number of fused-ring (bicyclic) bond motifs is 1. The van der Waals surface area contributed by atoms with Crippen LogP contribution in [0.2, 0.25) is 0 Å². The van der Waals surface area contributed by atoms with Crippen LogP contribution < -0.4 is 15.7 Å². The first kappa shape index (κ1) is 23.8. The van der Waals surface area contributed by atoms with E-state index in [4.69, 9.17) is 13.9 Å². The van der Waals surface area contributed by atoms with Gasteiger partial charge in [0.25, 0.3) is 0 Å². The molecule has 0 fully saturated rings. The van der Waals surface area contributed by atoms with Crippen molar-refractivity contribution >= 4 is 23.0 Å². The maximum Gasteiger partial charge on any atom is 0.408 e. The summed E-state index contributed by atoms with van der Waals surface area (Å²) in [6, 6.07) is 22.8. The van der Waals surface area contributed by atoms with Gasteiger partial charge in [-0.3, -0.25) is 0 Å². The van der Waals surface area contributed by atoms with Gasteiger partial charge in [0.15, 0.2) is 0 Å². The van der Waals surface area contributed by atoms with Crippen molar-refractivity contribution in [1.29, 1.82) is 0 Å². The molecule has 0 aliphatic heterocycles. The molecule has 178 valence electrons. The van der Waals surface area contributed by atoms with Crippen molar-refractivity contribution in [2.24, 2.45) is 0 Å². The van der Waals surface area contributed by atoms with E-state index in [9.17, 15) is 14.4 Å². The zero-order chi connectivity index (χ0) is 24.8. The SMILES string of the molecule is Cc1c(Cc2ccccc2)c(=O)oc2cc(OC(=O)[C@@H](C)NC(=O)OCc3ccccc3)ccc12. The standard InChI is InChI=1S/C28H25NO6/c1-18-23-14-13-22(16-25(23)35-27(31)24(18)15-20-9-5-3-6-10-20)34-26(30)19(2)29-28(32)33-17-21-11-7-4-8-12-21/h3-14,16,19H,15,17H2,1-2H3,(H,29,32)/t19-/m1/s1. The summed E-state index contributed by atoms with van der Waals surface area (Å²) in [7, 11) is 0. The lowest BCUT2D eigenvalue weighted by atomic mass is 10.00. The molecule has 4 rings (SSSR count). The first-order chi connectivity index (χ1) is 16.9. The molecule has 7 nitrogen and oxygen atoms in total. The third-order valence-electron chi connectivity index (χ3n) is 5.60. The lowest BCUT2D eigenvalue weighted by Crippen LogP contribution is -2.41. The topological polar surface area (TPSA) is 94.8 Å². The minimum absolute atomic E-state index is 0.0871. The van der Waals surface area contributed by atoms with E-state index < -0.39 is 23.7 Å². The van der Waals surface area contributed by atoms with E-state index in [1.54, 1.807) is 12.1 Å². The van der Waals surface area contributed by atoms with Gasteiger partial charge in [-0.25, -0.2) is 14.4 Å². The largest absolute Gasteiger partial charge is 0.445 e. The van der Waals surface area contributed by atoms with E-state index in [1.165, 1.54) is 13.0 Å². The third kappa shape index (κ3) is 5.95. The lowest BCUT2D eigenvalue weighted by Gasteiger charge is -2.14. The molecule has 0 saturated heterocycles. The average Bonchev–Trinajstić information content (AvgIpc) is 2.86. The molecule has 0 unspecified atom stereocenters. The van der Waals surface area contributed by atoms with E-state index in [0.717, 1.165) is 22.1 Å². The summed E-state index contributed by atoms with van der Waals surface area (Å²) < 4.78 is 16.0. The second-order valence-electron chi connectivity index (χ2n) is 8.16. The Morgan fingerprint density at radius 2 is 1.60 bits per heavy atom. The van der Waals surface area contributed by atoms with Gasteiger partial charge in [-0.15, -0.1) is 0 Å². The molecule has 4 aromatic rings. The van der Waals surface area contributed by atoms with Crippen molar-refractivity contribution in [3.05, 3.63) is 112 Å². The van der Waals surface area contributed by atoms with Gasteiger partial charge in [-0.2, -0.15) is 0 Å². The van der Waals surface area contributed by atoms with Gasteiger partial charge in [0.1, 0.15) is 24.0 Å². The predicted octanol–water partition coefficient (Wildman–Crippen LogP) is 4.91. The number of carbonyl (C=O) groups is 2. The fourth-order valence-corrected chi connectivity index (χ4v) is 3.65. The molecule has 1 heterocycles. The highest BCUT2D eigenvalue weighted by atomic mass is 16.6. The summed E-state index contributed by atoms with van der Waals surface area (Å²) in [6.45, 7) is 3.45. The quantitative estimate of drug-likeness (QED) is 0.234. The molecule has 0 aliphatic rings. The van der Waals surface area contributed by atoms with Gasteiger partial charge in [0.05, 0.1) is 0 Å². The normalized spacial score (nSPS) is 11.6. The Morgan fingerprint density at radius 3 is 2.29 bits per heavy atom. The van der Waals surface area contributed by atoms with Crippen molar-refractivity contribution in [2.75, 3.05) is 0 Å². The average molecular weight is 472 g/mol. The molecule has 1 aromatic heterocycles. The van der Waals surface area contributed by atoms with Crippen LogP contribution in [0.3, 0.4) is 0 Å². The van der Waals surface area contributed by atoms with Crippen LogP contribution in [0.25, 0.3) is 11.0 Å². The van der Waals surface area contributed by atoms with Crippen LogP contribution in [0.1, 0.15) is 29.2 Å². The summed E-state index contributed by atoms with van der Waals surface area (Å²) in [5.74, 6) is -0.479. The van der Waals surface area contributed by atoms with Crippen molar-refractivity contribution in [1.82, 2.24) is 5.32 Å². The lowest BCUT2D eigenvalue weighted by molar-refractivity contribution is -0.136. The Balaban J connectivity index is 1.41. The van der Waals surface area contributed by atoms with E-state index in [1.807, 2.05) is 67.6 Å². The Bertz CT molecular complexity index is 1400. The first-order valence-electron chi connectivity index (χ1n) is 11.2. The highest BCUT2D eigenvalue weighted by Gasteiger charge is 2.20. The molecule has 0 aliphatic carbocycles. The molecule has 0 radical (unpaired) electrons. The maximum absolute atomic E-state index is 12.6. The minimum atomic E-state index is -0.948. The first-order valence-corrected chi connectivity index (χ1v) is 11.2. The summed E-state index contributed by atoms with van der Waals surface area (Å²) in [5.41, 5.74) is 3.12. The summed E-state index contributed by atoms with van der Waals surface area (Å²) >= 11 is 0. The number of ether oxygens (including phenoxy) is 2. The van der Waals surface area contributed by atoms with Gasteiger partial charge in [0.2, 0.25) is 0 Å². The molecule has 0 spiro atoms. The summed E-state index contributed by atoms with van der Waals surface area (Å²) in [4.78, 5) is 37.1.